The lowest BCUT2D eigenvalue weighted by Gasteiger charge is -2.31. The third kappa shape index (κ3) is 4.96. The molecule has 1 aromatic carbocycles. The lowest BCUT2D eigenvalue weighted by atomic mass is 9.96. The number of hydrogen-bond donors (Lipinski definition) is 2. The number of anilines is 2. The first-order valence-electron chi connectivity index (χ1n) is 10.1. The fourth-order valence-corrected chi connectivity index (χ4v) is 3.59. The van der Waals surface area contributed by atoms with Gasteiger partial charge in [0.05, 0.1) is 36.1 Å². The lowest BCUT2D eigenvalue weighted by Crippen LogP contribution is -2.40. The van der Waals surface area contributed by atoms with Crippen LogP contribution in [0.3, 0.4) is 0 Å². The second-order valence-corrected chi connectivity index (χ2v) is 7.15. The Hall–Kier alpha value is -2.94. The molecule has 1 fully saturated rings. The zero-order valence-corrected chi connectivity index (χ0v) is 17.1. The Balaban J connectivity index is 1.80. The fourth-order valence-electron chi connectivity index (χ4n) is 3.59. The van der Waals surface area contributed by atoms with Crippen LogP contribution in [0.1, 0.15) is 26.7 Å². The summed E-state index contributed by atoms with van der Waals surface area (Å²) in [7, 11) is 0. The molecule has 2 N–H and O–H groups in total. The summed E-state index contributed by atoms with van der Waals surface area (Å²) in [6, 6.07) is 3.89. The van der Waals surface area contributed by atoms with Crippen LogP contribution in [-0.4, -0.2) is 55.6 Å². The van der Waals surface area contributed by atoms with Crippen molar-refractivity contribution in [2.75, 3.05) is 43.5 Å². The van der Waals surface area contributed by atoms with Crippen LogP contribution in [0.15, 0.2) is 29.5 Å². The van der Waals surface area contributed by atoms with Crippen LogP contribution in [0, 0.1) is 11.7 Å². The average Bonchev–Trinajstić information content (AvgIpc) is 2.85. The Morgan fingerprint density at radius 3 is 2.47 bits per heavy atom. The number of hydrogen-bond acceptors (Lipinski definition) is 7. The van der Waals surface area contributed by atoms with Crippen molar-refractivity contribution in [2.24, 2.45) is 5.92 Å². The van der Waals surface area contributed by atoms with Crippen molar-refractivity contribution in [3.8, 4) is 0 Å². The maximum atomic E-state index is 13.6. The van der Waals surface area contributed by atoms with Crippen molar-refractivity contribution >= 4 is 29.2 Å². The van der Waals surface area contributed by atoms with E-state index in [0.29, 0.717) is 38.2 Å². The summed E-state index contributed by atoms with van der Waals surface area (Å²) in [5, 5.41) is 5.61. The summed E-state index contributed by atoms with van der Waals surface area (Å²) in [6.45, 7) is 5.31. The topological polar surface area (TPSA) is 97.0 Å². The number of amides is 1. The molecule has 0 saturated carbocycles. The third-order valence-electron chi connectivity index (χ3n) is 5.13. The molecule has 0 aliphatic carbocycles. The maximum absolute atomic E-state index is 13.6. The molecular weight excluding hydrogens is 393 g/mol. The van der Waals surface area contributed by atoms with Crippen molar-refractivity contribution in [3.05, 3.63) is 35.3 Å². The summed E-state index contributed by atoms with van der Waals surface area (Å²) in [5.41, 5.74) is 0.897. The number of piperidine rings is 1. The lowest BCUT2D eigenvalue weighted by molar-refractivity contribution is -0.149. The molecule has 0 bridgehead atoms. The molecule has 9 heteroatoms. The minimum Gasteiger partial charge on any atom is -0.466 e. The number of rotatable bonds is 6. The molecule has 8 nitrogen and oxygen atoms in total. The number of esters is 2. The van der Waals surface area contributed by atoms with Gasteiger partial charge in [-0.05, 0) is 58.0 Å². The number of fused-ring (bicyclic) bond motifs is 1. The highest BCUT2D eigenvalue weighted by molar-refractivity contribution is 6.13. The van der Waals surface area contributed by atoms with Crippen LogP contribution in [0.2, 0.25) is 0 Å². The predicted octanol–water partition coefficient (Wildman–Crippen LogP) is 2.28. The molecule has 0 atom stereocenters. The number of carbonyl (C=O) groups excluding carboxylic acids is 3. The Labute approximate surface area is 174 Å². The summed E-state index contributed by atoms with van der Waals surface area (Å²) < 4.78 is 23.8. The van der Waals surface area contributed by atoms with E-state index in [1.165, 1.54) is 18.2 Å². The third-order valence-corrected chi connectivity index (χ3v) is 5.13. The second-order valence-electron chi connectivity index (χ2n) is 7.15. The monoisotopic (exact) mass is 419 g/mol. The van der Waals surface area contributed by atoms with E-state index in [0.717, 1.165) is 0 Å². The SMILES string of the molecule is CCOC(=O)C1=C(CN2CCC(C(=O)OCC)CC2)C(=O)Nc2cc(F)ccc2N1. The first kappa shape index (κ1) is 21.8. The molecule has 3 rings (SSSR count). The number of ether oxygens (including phenoxy) is 2. The van der Waals surface area contributed by atoms with Gasteiger partial charge in [0.15, 0.2) is 0 Å². The van der Waals surface area contributed by atoms with E-state index < -0.39 is 17.7 Å². The molecule has 1 aromatic rings. The highest BCUT2D eigenvalue weighted by Crippen LogP contribution is 2.30. The summed E-state index contributed by atoms with van der Waals surface area (Å²) in [6.07, 6.45) is 1.22. The summed E-state index contributed by atoms with van der Waals surface area (Å²) >= 11 is 0. The normalized spacial score (nSPS) is 17.5. The zero-order valence-electron chi connectivity index (χ0n) is 17.1. The number of nitrogens with zero attached hydrogens (tertiary/aromatic N) is 1. The number of benzene rings is 1. The number of halogens is 1. The Kier molecular flexibility index (Phi) is 7.04. The van der Waals surface area contributed by atoms with Gasteiger partial charge in [-0.1, -0.05) is 0 Å². The van der Waals surface area contributed by atoms with Gasteiger partial charge in [-0.2, -0.15) is 0 Å². The summed E-state index contributed by atoms with van der Waals surface area (Å²) in [5.74, 6) is -2.01. The Bertz CT molecular complexity index is 862. The van der Waals surface area contributed by atoms with E-state index in [1.54, 1.807) is 13.8 Å². The molecule has 0 unspecified atom stereocenters. The molecule has 2 aliphatic rings. The van der Waals surface area contributed by atoms with Crippen LogP contribution in [-0.2, 0) is 23.9 Å². The number of carbonyl (C=O) groups is 3. The first-order chi connectivity index (χ1) is 14.4. The van der Waals surface area contributed by atoms with Crippen LogP contribution in [0.4, 0.5) is 15.8 Å². The van der Waals surface area contributed by atoms with Gasteiger partial charge in [0, 0.05) is 6.54 Å². The van der Waals surface area contributed by atoms with E-state index in [2.05, 4.69) is 10.6 Å². The number of likely N-dealkylation sites (tertiary alicyclic amines) is 1. The quantitative estimate of drug-likeness (QED) is 0.683. The zero-order chi connectivity index (χ0) is 21.7. The molecule has 0 radical (unpaired) electrons. The largest absolute Gasteiger partial charge is 0.466 e. The van der Waals surface area contributed by atoms with Crippen LogP contribution >= 0.6 is 0 Å². The highest BCUT2D eigenvalue weighted by atomic mass is 19.1. The minimum atomic E-state index is -0.652. The van der Waals surface area contributed by atoms with Gasteiger partial charge < -0.3 is 20.1 Å². The molecule has 0 spiro atoms. The fraction of sp³-hybridized carbons (Fsp3) is 0.476. The number of nitrogens with one attached hydrogen (secondary N) is 2. The van der Waals surface area contributed by atoms with Crippen molar-refractivity contribution in [1.82, 2.24) is 4.90 Å². The van der Waals surface area contributed by atoms with Crippen molar-refractivity contribution < 1.29 is 28.2 Å². The standard InChI is InChI=1S/C21H26FN3O5/c1-3-29-20(27)13-7-9-25(10-8-13)12-15-18(21(28)30-4-2)23-16-6-5-14(22)11-17(16)24-19(15)26/h5-6,11,13,23H,3-4,7-10,12H2,1-2H3,(H,24,26). The van der Waals surface area contributed by atoms with Crippen molar-refractivity contribution in [1.29, 1.82) is 0 Å². The Morgan fingerprint density at radius 1 is 1.10 bits per heavy atom. The van der Waals surface area contributed by atoms with Gasteiger partial charge >= 0.3 is 11.9 Å². The molecular formula is C21H26FN3O5. The van der Waals surface area contributed by atoms with E-state index in [1.807, 2.05) is 4.90 Å². The smallest absolute Gasteiger partial charge is 0.355 e. The van der Waals surface area contributed by atoms with E-state index in [4.69, 9.17) is 9.47 Å². The van der Waals surface area contributed by atoms with E-state index in [-0.39, 0.29) is 42.0 Å². The summed E-state index contributed by atoms with van der Waals surface area (Å²) in [4.78, 5) is 39.4. The molecule has 2 heterocycles. The average molecular weight is 419 g/mol. The van der Waals surface area contributed by atoms with Gasteiger partial charge in [-0.15, -0.1) is 0 Å². The van der Waals surface area contributed by atoms with Gasteiger partial charge in [0.25, 0.3) is 5.91 Å². The molecule has 2 aliphatic heterocycles. The molecule has 0 aromatic heterocycles. The van der Waals surface area contributed by atoms with Crippen molar-refractivity contribution in [3.63, 3.8) is 0 Å². The first-order valence-corrected chi connectivity index (χ1v) is 10.1. The van der Waals surface area contributed by atoms with Gasteiger partial charge in [0.2, 0.25) is 0 Å². The van der Waals surface area contributed by atoms with Gasteiger partial charge in [-0.25, -0.2) is 9.18 Å². The predicted molar refractivity (Wildman–Crippen MR) is 108 cm³/mol. The van der Waals surface area contributed by atoms with Crippen LogP contribution < -0.4 is 10.6 Å². The molecule has 162 valence electrons. The highest BCUT2D eigenvalue weighted by Gasteiger charge is 2.31. The van der Waals surface area contributed by atoms with Crippen molar-refractivity contribution in [2.45, 2.75) is 26.7 Å². The van der Waals surface area contributed by atoms with Gasteiger partial charge in [-0.3, -0.25) is 14.5 Å². The molecule has 30 heavy (non-hydrogen) atoms. The molecule has 1 amide bonds. The van der Waals surface area contributed by atoms with Crippen LogP contribution in [0.5, 0.6) is 0 Å². The second kappa shape index (κ2) is 9.71. The van der Waals surface area contributed by atoms with Gasteiger partial charge in [0.1, 0.15) is 11.5 Å². The van der Waals surface area contributed by atoms with E-state index in [9.17, 15) is 18.8 Å². The Morgan fingerprint density at radius 2 is 1.80 bits per heavy atom. The molecule has 1 saturated heterocycles. The minimum absolute atomic E-state index is 0.0345. The maximum Gasteiger partial charge on any atom is 0.355 e. The van der Waals surface area contributed by atoms with Crippen LogP contribution in [0.25, 0.3) is 0 Å². The van der Waals surface area contributed by atoms with E-state index >= 15 is 0 Å².